The highest BCUT2D eigenvalue weighted by Crippen LogP contribution is 2.29. The first-order chi connectivity index (χ1) is 9.65. The summed E-state index contributed by atoms with van der Waals surface area (Å²) in [4.78, 5) is 25.2. The standard InChI is InChI=1S/C17H11NO2/c1-18-16(19)14-8-12-6-10-4-2-3-5-11(10)7-13(12)9-15(14)17(18)20/h2-9H,1H3. The van der Waals surface area contributed by atoms with Gasteiger partial charge in [-0.15, -0.1) is 0 Å². The van der Waals surface area contributed by atoms with Crippen molar-refractivity contribution in [1.82, 2.24) is 4.90 Å². The number of benzene rings is 3. The van der Waals surface area contributed by atoms with E-state index in [0.717, 1.165) is 21.5 Å². The van der Waals surface area contributed by atoms with Gasteiger partial charge in [-0.25, -0.2) is 0 Å². The summed E-state index contributed by atoms with van der Waals surface area (Å²) in [5.74, 6) is -0.444. The monoisotopic (exact) mass is 261 g/mol. The van der Waals surface area contributed by atoms with Crippen LogP contribution in [0.25, 0.3) is 21.5 Å². The molecule has 3 heteroatoms. The molecule has 0 fully saturated rings. The van der Waals surface area contributed by atoms with Crippen molar-refractivity contribution in [3.63, 3.8) is 0 Å². The lowest BCUT2D eigenvalue weighted by Crippen LogP contribution is -2.24. The van der Waals surface area contributed by atoms with Crippen molar-refractivity contribution in [2.45, 2.75) is 0 Å². The zero-order valence-corrected chi connectivity index (χ0v) is 10.9. The molecule has 0 saturated heterocycles. The topological polar surface area (TPSA) is 37.4 Å². The molecule has 0 radical (unpaired) electrons. The first-order valence-electron chi connectivity index (χ1n) is 6.44. The Labute approximate surface area is 115 Å². The van der Waals surface area contributed by atoms with Crippen molar-refractivity contribution in [3.8, 4) is 0 Å². The average Bonchev–Trinajstić information content (AvgIpc) is 2.68. The Hall–Kier alpha value is -2.68. The van der Waals surface area contributed by atoms with Crippen molar-refractivity contribution < 1.29 is 9.59 Å². The van der Waals surface area contributed by atoms with Crippen molar-refractivity contribution in [2.24, 2.45) is 0 Å². The van der Waals surface area contributed by atoms with Crippen LogP contribution < -0.4 is 0 Å². The van der Waals surface area contributed by atoms with Gasteiger partial charge in [0.1, 0.15) is 0 Å². The summed E-state index contributed by atoms with van der Waals surface area (Å²) in [5.41, 5.74) is 1.00. The largest absolute Gasteiger partial charge is 0.277 e. The molecule has 1 heterocycles. The Balaban J connectivity index is 2.10. The molecule has 4 rings (SSSR count). The maximum Gasteiger partial charge on any atom is 0.261 e. The van der Waals surface area contributed by atoms with Crippen LogP contribution in [0.5, 0.6) is 0 Å². The van der Waals surface area contributed by atoms with E-state index in [2.05, 4.69) is 12.1 Å². The van der Waals surface area contributed by atoms with Gasteiger partial charge in [0.2, 0.25) is 0 Å². The van der Waals surface area contributed by atoms with E-state index >= 15 is 0 Å². The molecule has 20 heavy (non-hydrogen) atoms. The molecule has 0 spiro atoms. The van der Waals surface area contributed by atoms with Crippen molar-refractivity contribution in [1.29, 1.82) is 0 Å². The summed E-state index contributed by atoms with van der Waals surface area (Å²) in [7, 11) is 1.52. The second-order valence-electron chi connectivity index (χ2n) is 5.11. The van der Waals surface area contributed by atoms with Crippen LogP contribution in [0.4, 0.5) is 0 Å². The van der Waals surface area contributed by atoms with E-state index in [1.54, 1.807) is 0 Å². The van der Waals surface area contributed by atoms with Crippen LogP contribution in [0, 0.1) is 0 Å². The van der Waals surface area contributed by atoms with E-state index in [-0.39, 0.29) is 11.8 Å². The third kappa shape index (κ3) is 1.35. The molecule has 3 aromatic carbocycles. The summed E-state index contributed by atoms with van der Waals surface area (Å²) < 4.78 is 0. The van der Waals surface area contributed by atoms with Crippen LogP contribution in [0.3, 0.4) is 0 Å². The minimum atomic E-state index is -0.222. The summed E-state index contributed by atoms with van der Waals surface area (Å²) in [6, 6.07) is 15.8. The number of nitrogens with zero attached hydrogens (tertiary/aromatic N) is 1. The molecule has 0 bridgehead atoms. The van der Waals surface area contributed by atoms with Crippen LogP contribution in [0.15, 0.2) is 48.5 Å². The van der Waals surface area contributed by atoms with Crippen molar-refractivity contribution >= 4 is 33.4 Å². The highest BCUT2D eigenvalue weighted by Gasteiger charge is 2.32. The molecule has 0 saturated carbocycles. The van der Waals surface area contributed by atoms with E-state index in [1.165, 1.54) is 11.9 Å². The Bertz CT molecular complexity index is 837. The summed E-state index contributed by atoms with van der Waals surface area (Å²) >= 11 is 0. The quantitative estimate of drug-likeness (QED) is 0.460. The molecule has 96 valence electrons. The van der Waals surface area contributed by atoms with Gasteiger partial charge in [-0.2, -0.15) is 0 Å². The average molecular weight is 261 g/mol. The number of amides is 2. The van der Waals surface area contributed by atoms with Gasteiger partial charge in [-0.3, -0.25) is 14.5 Å². The molecule has 0 unspecified atom stereocenters. The third-order valence-corrected chi connectivity index (χ3v) is 3.91. The SMILES string of the molecule is CN1C(=O)c2cc3cc4ccccc4cc3cc2C1=O. The van der Waals surface area contributed by atoms with Gasteiger partial charge in [0, 0.05) is 7.05 Å². The van der Waals surface area contributed by atoms with Gasteiger partial charge < -0.3 is 0 Å². The summed E-state index contributed by atoms with van der Waals surface area (Å²) in [5, 5.41) is 4.23. The fraction of sp³-hybridized carbons (Fsp3) is 0.0588. The number of fused-ring (bicyclic) bond motifs is 3. The molecule has 0 aliphatic carbocycles. The smallest absolute Gasteiger partial charge is 0.261 e. The second kappa shape index (κ2) is 3.67. The molecular formula is C17H11NO2. The first-order valence-corrected chi connectivity index (χ1v) is 6.44. The maximum atomic E-state index is 12.0. The predicted octanol–water partition coefficient (Wildman–Crippen LogP) is 3.22. The number of imide groups is 1. The molecule has 0 atom stereocenters. The van der Waals surface area contributed by atoms with Crippen LogP contribution in [-0.4, -0.2) is 23.8 Å². The number of rotatable bonds is 0. The van der Waals surface area contributed by atoms with Crippen molar-refractivity contribution in [3.05, 3.63) is 59.7 Å². The van der Waals surface area contributed by atoms with Gasteiger partial charge in [-0.1, -0.05) is 24.3 Å². The van der Waals surface area contributed by atoms with Gasteiger partial charge in [0.15, 0.2) is 0 Å². The highest BCUT2D eigenvalue weighted by molar-refractivity contribution is 6.23. The first kappa shape index (κ1) is 11.2. The molecular weight excluding hydrogens is 250 g/mol. The van der Waals surface area contributed by atoms with Crippen LogP contribution in [0.1, 0.15) is 20.7 Å². The van der Waals surface area contributed by atoms with Crippen LogP contribution in [0.2, 0.25) is 0 Å². The molecule has 0 aromatic heterocycles. The lowest BCUT2D eigenvalue weighted by atomic mass is 9.99. The van der Waals surface area contributed by atoms with Crippen LogP contribution in [-0.2, 0) is 0 Å². The lowest BCUT2D eigenvalue weighted by molar-refractivity contribution is 0.0693. The van der Waals surface area contributed by atoms with E-state index in [4.69, 9.17) is 0 Å². The van der Waals surface area contributed by atoms with E-state index < -0.39 is 0 Å². The van der Waals surface area contributed by atoms with E-state index in [1.807, 2.05) is 36.4 Å². The highest BCUT2D eigenvalue weighted by atomic mass is 16.2. The molecule has 2 amide bonds. The van der Waals surface area contributed by atoms with E-state index in [9.17, 15) is 9.59 Å². The van der Waals surface area contributed by atoms with Crippen LogP contribution >= 0.6 is 0 Å². The van der Waals surface area contributed by atoms with Gasteiger partial charge in [0.05, 0.1) is 11.1 Å². The zero-order chi connectivity index (χ0) is 13.9. The lowest BCUT2D eigenvalue weighted by Gasteiger charge is -2.04. The Morgan fingerprint density at radius 2 is 1.15 bits per heavy atom. The number of hydrogen-bond acceptors (Lipinski definition) is 2. The number of hydrogen-bond donors (Lipinski definition) is 0. The minimum Gasteiger partial charge on any atom is -0.277 e. The summed E-state index contributed by atoms with van der Waals surface area (Å²) in [6.45, 7) is 0. The predicted molar refractivity (Wildman–Crippen MR) is 77.9 cm³/mol. The molecule has 3 nitrogen and oxygen atoms in total. The Morgan fingerprint density at radius 1 is 0.700 bits per heavy atom. The number of carbonyl (C=O) groups is 2. The second-order valence-corrected chi connectivity index (χ2v) is 5.11. The minimum absolute atomic E-state index is 0.222. The normalized spacial score (nSPS) is 14.3. The summed E-state index contributed by atoms with van der Waals surface area (Å²) in [6.07, 6.45) is 0. The molecule has 1 aliphatic heterocycles. The van der Waals surface area contributed by atoms with Gasteiger partial charge in [-0.05, 0) is 45.8 Å². The maximum absolute atomic E-state index is 12.0. The van der Waals surface area contributed by atoms with Crippen molar-refractivity contribution in [2.75, 3.05) is 7.05 Å². The third-order valence-electron chi connectivity index (χ3n) is 3.91. The Morgan fingerprint density at radius 3 is 1.60 bits per heavy atom. The zero-order valence-electron chi connectivity index (χ0n) is 10.9. The number of carbonyl (C=O) groups excluding carboxylic acids is 2. The Kier molecular flexibility index (Phi) is 2.05. The molecule has 3 aromatic rings. The van der Waals surface area contributed by atoms with Gasteiger partial charge in [0.25, 0.3) is 11.8 Å². The van der Waals surface area contributed by atoms with Gasteiger partial charge >= 0.3 is 0 Å². The fourth-order valence-corrected chi connectivity index (χ4v) is 2.80. The fourth-order valence-electron chi connectivity index (χ4n) is 2.80. The molecule has 1 aliphatic rings. The van der Waals surface area contributed by atoms with E-state index in [0.29, 0.717) is 11.1 Å². The molecule has 0 N–H and O–H groups in total.